The Hall–Kier alpha value is -3.46. The molecule has 1 N–H and O–H groups in total. The van der Waals surface area contributed by atoms with E-state index >= 15 is 0 Å². The number of nitrogens with zero attached hydrogens (tertiary/aromatic N) is 6. The Morgan fingerprint density at radius 3 is 2.74 bits per heavy atom. The van der Waals surface area contributed by atoms with Crippen LogP contribution in [0.1, 0.15) is 48.1 Å². The molecule has 0 bridgehead atoms. The molecular weight excluding hydrogens is 490 g/mol. The number of piperazine rings is 1. The number of carbonyl (C=O) groups excluding carboxylic acids is 1. The van der Waals surface area contributed by atoms with Gasteiger partial charge in [-0.3, -0.25) is 9.89 Å². The molecule has 1 amide bonds. The fourth-order valence-corrected chi connectivity index (χ4v) is 6.73. The SMILES string of the molecule is C=CC(=O)N1CCN(c2nc(OC[C@H]3CCCN3C)nc3c2C[C@@H](C)[C@H](c2c(C)ccc4[nH]ncc24)C3)CC1. The lowest BCUT2D eigenvalue weighted by Crippen LogP contribution is -2.49. The number of anilines is 1. The number of rotatable bonds is 6. The van der Waals surface area contributed by atoms with Crippen molar-refractivity contribution < 1.29 is 9.53 Å². The van der Waals surface area contributed by atoms with Crippen molar-refractivity contribution in [1.82, 2.24) is 30.0 Å². The van der Waals surface area contributed by atoms with Gasteiger partial charge in [-0.25, -0.2) is 0 Å². The number of aryl methyl sites for hydroxylation is 1. The number of likely N-dealkylation sites (tertiary alicyclic amines) is 1. The van der Waals surface area contributed by atoms with Crippen molar-refractivity contribution in [1.29, 1.82) is 0 Å². The number of ether oxygens (including phenoxy) is 1. The van der Waals surface area contributed by atoms with Gasteiger partial charge in [-0.05, 0) is 81.3 Å². The Kier molecular flexibility index (Phi) is 7.01. The third kappa shape index (κ3) is 4.88. The molecule has 3 atom stereocenters. The zero-order valence-electron chi connectivity index (χ0n) is 23.3. The van der Waals surface area contributed by atoms with Gasteiger partial charge in [0.1, 0.15) is 12.4 Å². The van der Waals surface area contributed by atoms with Gasteiger partial charge >= 0.3 is 6.01 Å². The number of carbonyl (C=O) groups is 1. The maximum atomic E-state index is 12.2. The minimum absolute atomic E-state index is 0.00988. The fraction of sp³-hybridized carbons (Fsp3) is 0.533. The average Bonchev–Trinajstić information content (AvgIpc) is 3.59. The molecule has 1 aromatic carbocycles. The van der Waals surface area contributed by atoms with E-state index in [0.717, 1.165) is 55.9 Å². The molecule has 2 saturated heterocycles. The first kappa shape index (κ1) is 25.8. The molecule has 9 heteroatoms. The lowest BCUT2D eigenvalue weighted by Gasteiger charge is -2.38. The Bertz CT molecular complexity index is 1380. The van der Waals surface area contributed by atoms with E-state index in [4.69, 9.17) is 14.7 Å². The van der Waals surface area contributed by atoms with Crippen molar-refractivity contribution in [2.24, 2.45) is 5.92 Å². The lowest BCUT2D eigenvalue weighted by atomic mass is 9.73. The van der Waals surface area contributed by atoms with E-state index in [9.17, 15) is 4.79 Å². The molecule has 4 heterocycles. The Labute approximate surface area is 230 Å². The van der Waals surface area contributed by atoms with Crippen LogP contribution < -0.4 is 9.64 Å². The number of likely N-dealkylation sites (N-methyl/N-ethyl adjacent to an activating group) is 1. The van der Waals surface area contributed by atoms with Crippen molar-refractivity contribution in [3.63, 3.8) is 0 Å². The molecule has 39 heavy (non-hydrogen) atoms. The largest absolute Gasteiger partial charge is 0.462 e. The van der Waals surface area contributed by atoms with Gasteiger partial charge in [0, 0.05) is 43.2 Å². The molecule has 0 unspecified atom stereocenters. The lowest BCUT2D eigenvalue weighted by molar-refractivity contribution is -0.126. The molecule has 9 nitrogen and oxygen atoms in total. The van der Waals surface area contributed by atoms with Crippen molar-refractivity contribution >= 4 is 22.6 Å². The van der Waals surface area contributed by atoms with Gasteiger partial charge in [0.15, 0.2) is 0 Å². The van der Waals surface area contributed by atoms with Crippen LogP contribution in [0.4, 0.5) is 5.82 Å². The minimum atomic E-state index is -0.00988. The first-order valence-corrected chi connectivity index (χ1v) is 14.2. The van der Waals surface area contributed by atoms with E-state index in [0.29, 0.717) is 43.6 Å². The van der Waals surface area contributed by atoms with Gasteiger partial charge < -0.3 is 19.4 Å². The van der Waals surface area contributed by atoms with E-state index in [-0.39, 0.29) is 5.91 Å². The number of fused-ring (bicyclic) bond motifs is 2. The Morgan fingerprint density at radius 1 is 1.18 bits per heavy atom. The van der Waals surface area contributed by atoms with E-state index in [1.54, 1.807) is 0 Å². The van der Waals surface area contributed by atoms with Crippen molar-refractivity contribution in [2.75, 3.05) is 51.3 Å². The third-order valence-corrected chi connectivity index (χ3v) is 9.07. The van der Waals surface area contributed by atoms with Crippen LogP contribution in [-0.4, -0.2) is 88.3 Å². The number of H-pyrrole nitrogens is 1. The molecule has 3 aliphatic rings. The maximum Gasteiger partial charge on any atom is 0.318 e. The van der Waals surface area contributed by atoms with Crippen LogP contribution in [0.3, 0.4) is 0 Å². The molecule has 3 aromatic rings. The summed E-state index contributed by atoms with van der Waals surface area (Å²) in [7, 11) is 2.16. The summed E-state index contributed by atoms with van der Waals surface area (Å²) < 4.78 is 6.30. The first-order chi connectivity index (χ1) is 18.9. The molecule has 2 aliphatic heterocycles. The summed E-state index contributed by atoms with van der Waals surface area (Å²) >= 11 is 0. The van der Waals surface area contributed by atoms with Crippen molar-refractivity contribution in [3.05, 3.63) is 53.4 Å². The summed E-state index contributed by atoms with van der Waals surface area (Å²) in [4.78, 5) is 28.8. The standard InChI is InChI=1S/C30H39N7O2/c1-5-27(38)36-11-13-37(14-12-36)29-23-15-20(3)22(28-19(2)8-9-25-24(28)17-31-34-25)16-26(23)32-30(33-29)39-18-21-7-6-10-35(21)4/h5,8-9,17,20-22H,1,6-7,10-16,18H2,2-4H3,(H,31,34)/t20-,21-,22-/m1/s1. The molecule has 0 radical (unpaired) electrons. The molecule has 1 aliphatic carbocycles. The number of benzene rings is 1. The van der Waals surface area contributed by atoms with Crippen LogP contribution in [0.5, 0.6) is 6.01 Å². The van der Waals surface area contributed by atoms with Gasteiger partial charge in [-0.1, -0.05) is 19.6 Å². The summed E-state index contributed by atoms with van der Waals surface area (Å²) in [6.45, 7) is 12.7. The fourth-order valence-electron chi connectivity index (χ4n) is 6.73. The van der Waals surface area contributed by atoms with Crippen molar-refractivity contribution in [2.45, 2.75) is 51.5 Å². The average molecular weight is 530 g/mol. The normalized spacial score (nSPS) is 23.7. The van der Waals surface area contributed by atoms with E-state index in [1.807, 2.05) is 11.1 Å². The van der Waals surface area contributed by atoms with Gasteiger partial charge in [0.2, 0.25) is 5.91 Å². The monoisotopic (exact) mass is 529 g/mol. The van der Waals surface area contributed by atoms with Gasteiger partial charge in [-0.15, -0.1) is 0 Å². The predicted molar refractivity (Wildman–Crippen MR) is 152 cm³/mol. The highest BCUT2D eigenvalue weighted by Crippen LogP contribution is 2.43. The maximum absolute atomic E-state index is 12.2. The topological polar surface area (TPSA) is 90.5 Å². The third-order valence-electron chi connectivity index (χ3n) is 9.07. The second-order valence-corrected chi connectivity index (χ2v) is 11.5. The number of amides is 1. The minimum Gasteiger partial charge on any atom is -0.462 e. The number of hydrogen-bond acceptors (Lipinski definition) is 7. The second kappa shape index (κ2) is 10.6. The van der Waals surface area contributed by atoms with E-state index in [2.05, 4.69) is 59.6 Å². The number of aromatic nitrogens is 4. The Balaban J connectivity index is 1.34. The highest BCUT2D eigenvalue weighted by molar-refractivity contribution is 5.87. The van der Waals surface area contributed by atoms with E-state index < -0.39 is 0 Å². The summed E-state index contributed by atoms with van der Waals surface area (Å²) in [6.07, 6.45) is 7.45. The van der Waals surface area contributed by atoms with Crippen LogP contribution in [0.15, 0.2) is 31.0 Å². The molecule has 6 rings (SSSR count). The molecule has 0 saturated carbocycles. The number of nitrogens with one attached hydrogen (secondary N) is 1. The number of aromatic amines is 1. The van der Waals surface area contributed by atoms with Gasteiger partial charge in [0.05, 0.1) is 17.4 Å². The quantitative estimate of drug-likeness (QED) is 0.489. The molecule has 2 aromatic heterocycles. The molecule has 2 fully saturated rings. The summed E-state index contributed by atoms with van der Waals surface area (Å²) in [5.41, 5.74) is 6.05. The summed E-state index contributed by atoms with van der Waals surface area (Å²) in [6, 6.07) is 5.18. The first-order valence-electron chi connectivity index (χ1n) is 14.2. The second-order valence-electron chi connectivity index (χ2n) is 11.5. The van der Waals surface area contributed by atoms with E-state index in [1.165, 1.54) is 34.6 Å². The van der Waals surface area contributed by atoms with Gasteiger partial charge in [-0.2, -0.15) is 15.1 Å². The van der Waals surface area contributed by atoms with Crippen LogP contribution in [0.2, 0.25) is 0 Å². The van der Waals surface area contributed by atoms with Gasteiger partial charge in [0.25, 0.3) is 0 Å². The number of hydrogen-bond donors (Lipinski definition) is 1. The predicted octanol–water partition coefficient (Wildman–Crippen LogP) is 3.49. The van der Waals surface area contributed by atoms with Crippen LogP contribution in [0.25, 0.3) is 10.9 Å². The summed E-state index contributed by atoms with van der Waals surface area (Å²) in [5.74, 6) is 1.72. The highest BCUT2D eigenvalue weighted by Gasteiger charge is 2.35. The molecule has 0 spiro atoms. The zero-order valence-corrected chi connectivity index (χ0v) is 23.3. The zero-order chi connectivity index (χ0) is 27.1. The van der Waals surface area contributed by atoms with Crippen molar-refractivity contribution in [3.8, 4) is 6.01 Å². The highest BCUT2D eigenvalue weighted by atomic mass is 16.5. The van der Waals surface area contributed by atoms with Crippen LogP contribution >= 0.6 is 0 Å². The van der Waals surface area contributed by atoms with Crippen LogP contribution in [-0.2, 0) is 17.6 Å². The smallest absolute Gasteiger partial charge is 0.318 e. The summed E-state index contributed by atoms with van der Waals surface area (Å²) in [5, 5.41) is 8.68. The van der Waals surface area contributed by atoms with Crippen LogP contribution in [0, 0.1) is 12.8 Å². The molecule has 206 valence electrons. The molecular formula is C30H39N7O2. The Morgan fingerprint density at radius 2 is 2.00 bits per heavy atom.